The molecule has 0 unspecified atom stereocenters. The van der Waals surface area contributed by atoms with Crippen molar-refractivity contribution in [3.8, 4) is 5.75 Å². The minimum Gasteiger partial charge on any atom is -0.495 e. The maximum Gasteiger partial charge on any atom is 0.253 e. The van der Waals surface area contributed by atoms with Crippen LogP contribution in [0.3, 0.4) is 0 Å². The number of anilines is 2. The number of carbonyl (C=O) groups excluding carboxylic acids is 2. The molecule has 1 saturated carbocycles. The Morgan fingerprint density at radius 3 is 2.56 bits per heavy atom. The Morgan fingerprint density at radius 2 is 1.85 bits per heavy atom. The van der Waals surface area contributed by atoms with Crippen molar-refractivity contribution in [1.29, 1.82) is 0 Å². The third-order valence-electron chi connectivity index (χ3n) is 5.56. The monoisotopic (exact) mass is 488 g/mol. The van der Waals surface area contributed by atoms with Gasteiger partial charge < -0.3 is 25.4 Å². The third kappa shape index (κ3) is 5.66. The summed E-state index contributed by atoms with van der Waals surface area (Å²) < 4.78 is 38.1. The average molecular weight is 489 g/mol. The molecule has 4 rings (SSSR count). The summed E-state index contributed by atoms with van der Waals surface area (Å²) in [4.78, 5) is 25.0. The molecule has 2 amide bonds. The van der Waals surface area contributed by atoms with Crippen LogP contribution in [-0.4, -0.2) is 70.5 Å². The molecular weight excluding hydrogens is 460 g/mol. The fraction of sp³-hybridized carbons (Fsp3) is 0.391. The van der Waals surface area contributed by atoms with Crippen LogP contribution in [0.15, 0.2) is 47.4 Å². The summed E-state index contributed by atoms with van der Waals surface area (Å²) in [5.74, 6) is -0.380. The van der Waals surface area contributed by atoms with Crippen LogP contribution >= 0.6 is 0 Å². The highest BCUT2D eigenvalue weighted by Gasteiger charge is 2.30. The van der Waals surface area contributed by atoms with Gasteiger partial charge in [0, 0.05) is 30.5 Å². The minimum atomic E-state index is -3.82. The zero-order chi connectivity index (χ0) is 24.1. The predicted octanol–water partition coefficient (Wildman–Crippen LogP) is 1.66. The van der Waals surface area contributed by atoms with Gasteiger partial charge in [0.25, 0.3) is 5.91 Å². The number of benzene rings is 2. The van der Waals surface area contributed by atoms with Crippen molar-refractivity contribution in [2.75, 3.05) is 50.6 Å². The number of amides is 2. The van der Waals surface area contributed by atoms with Gasteiger partial charge in [0.05, 0.1) is 32.4 Å². The Labute approximate surface area is 198 Å². The molecular formula is C23H28N4O6S. The first kappa shape index (κ1) is 24.0. The van der Waals surface area contributed by atoms with E-state index in [-0.39, 0.29) is 42.2 Å². The molecule has 0 spiro atoms. The quantitative estimate of drug-likeness (QED) is 0.490. The molecule has 1 saturated heterocycles. The summed E-state index contributed by atoms with van der Waals surface area (Å²) in [5, 5.41) is 8.63. The fourth-order valence-electron chi connectivity index (χ4n) is 3.59. The lowest BCUT2D eigenvalue weighted by Gasteiger charge is -2.26. The van der Waals surface area contributed by atoms with E-state index in [0.717, 1.165) is 12.8 Å². The molecule has 10 nitrogen and oxygen atoms in total. The van der Waals surface area contributed by atoms with Gasteiger partial charge in [0.1, 0.15) is 10.6 Å². The number of hydrogen-bond acceptors (Lipinski definition) is 7. The second-order valence-corrected chi connectivity index (χ2v) is 9.98. The van der Waals surface area contributed by atoms with Crippen LogP contribution in [0.5, 0.6) is 5.75 Å². The van der Waals surface area contributed by atoms with Crippen LogP contribution in [0.1, 0.15) is 23.2 Å². The molecule has 2 aromatic rings. The molecule has 2 aromatic carbocycles. The van der Waals surface area contributed by atoms with Gasteiger partial charge in [-0.1, -0.05) is 12.1 Å². The van der Waals surface area contributed by atoms with Gasteiger partial charge in [0.2, 0.25) is 15.9 Å². The van der Waals surface area contributed by atoms with Gasteiger partial charge >= 0.3 is 0 Å². The second kappa shape index (κ2) is 10.4. The van der Waals surface area contributed by atoms with E-state index in [9.17, 15) is 18.0 Å². The SMILES string of the molecule is COc1ccc(NC(=O)CNc2ccccc2C(=O)NC2CC2)cc1S(=O)(=O)N1CCOCC1. The Kier molecular flexibility index (Phi) is 7.35. The van der Waals surface area contributed by atoms with E-state index >= 15 is 0 Å². The summed E-state index contributed by atoms with van der Waals surface area (Å²) in [6.45, 7) is 1.04. The van der Waals surface area contributed by atoms with Crippen molar-refractivity contribution in [3.63, 3.8) is 0 Å². The lowest BCUT2D eigenvalue weighted by Crippen LogP contribution is -2.40. The first-order valence-electron chi connectivity index (χ1n) is 11.1. The topological polar surface area (TPSA) is 126 Å². The van der Waals surface area contributed by atoms with E-state index in [2.05, 4.69) is 16.0 Å². The molecule has 0 atom stereocenters. The summed E-state index contributed by atoms with van der Waals surface area (Å²) in [5.41, 5.74) is 1.32. The molecule has 3 N–H and O–H groups in total. The van der Waals surface area contributed by atoms with Crippen molar-refractivity contribution in [3.05, 3.63) is 48.0 Å². The Hall–Kier alpha value is -3.15. The van der Waals surface area contributed by atoms with E-state index < -0.39 is 15.9 Å². The molecule has 11 heteroatoms. The number of rotatable bonds is 9. The summed E-state index contributed by atoms with van der Waals surface area (Å²) in [6, 6.07) is 11.7. The highest BCUT2D eigenvalue weighted by atomic mass is 32.2. The normalized spacial score (nSPS) is 16.5. The van der Waals surface area contributed by atoms with E-state index in [1.807, 2.05) is 0 Å². The first-order valence-corrected chi connectivity index (χ1v) is 12.5. The van der Waals surface area contributed by atoms with Crippen molar-refractivity contribution < 1.29 is 27.5 Å². The minimum absolute atomic E-state index is 0.0234. The van der Waals surface area contributed by atoms with Crippen LogP contribution in [0.2, 0.25) is 0 Å². The molecule has 2 fully saturated rings. The van der Waals surface area contributed by atoms with Crippen LogP contribution in [-0.2, 0) is 19.6 Å². The summed E-state index contributed by atoms with van der Waals surface area (Å²) >= 11 is 0. The molecule has 2 aliphatic rings. The highest BCUT2D eigenvalue weighted by Crippen LogP contribution is 2.30. The van der Waals surface area contributed by atoms with Gasteiger partial charge in [-0.3, -0.25) is 9.59 Å². The lowest BCUT2D eigenvalue weighted by molar-refractivity contribution is -0.114. The third-order valence-corrected chi connectivity index (χ3v) is 7.48. The van der Waals surface area contributed by atoms with Gasteiger partial charge in [-0.15, -0.1) is 0 Å². The van der Waals surface area contributed by atoms with Crippen LogP contribution in [0.4, 0.5) is 11.4 Å². The number of morpholine rings is 1. The lowest BCUT2D eigenvalue weighted by atomic mass is 10.1. The van der Waals surface area contributed by atoms with Crippen molar-refractivity contribution in [2.24, 2.45) is 0 Å². The van der Waals surface area contributed by atoms with Crippen LogP contribution in [0.25, 0.3) is 0 Å². The number of carbonyl (C=O) groups is 2. The van der Waals surface area contributed by atoms with Gasteiger partial charge in [-0.2, -0.15) is 4.31 Å². The molecule has 34 heavy (non-hydrogen) atoms. The molecule has 182 valence electrons. The van der Waals surface area contributed by atoms with Gasteiger partial charge in [-0.05, 0) is 43.2 Å². The molecule has 0 bridgehead atoms. The highest BCUT2D eigenvalue weighted by molar-refractivity contribution is 7.89. The largest absolute Gasteiger partial charge is 0.495 e. The van der Waals surface area contributed by atoms with Gasteiger partial charge in [0.15, 0.2) is 0 Å². The van der Waals surface area contributed by atoms with E-state index in [1.165, 1.54) is 23.5 Å². The number of nitrogens with one attached hydrogen (secondary N) is 3. The van der Waals surface area contributed by atoms with Crippen molar-refractivity contribution in [2.45, 2.75) is 23.8 Å². The van der Waals surface area contributed by atoms with E-state index in [0.29, 0.717) is 30.2 Å². The Morgan fingerprint density at radius 1 is 1.12 bits per heavy atom. The molecule has 1 heterocycles. The van der Waals surface area contributed by atoms with Crippen LogP contribution < -0.4 is 20.7 Å². The Balaban J connectivity index is 1.44. The fourth-order valence-corrected chi connectivity index (χ4v) is 5.18. The average Bonchev–Trinajstić information content (AvgIpc) is 3.67. The van der Waals surface area contributed by atoms with Crippen molar-refractivity contribution >= 4 is 33.2 Å². The second-order valence-electron chi connectivity index (χ2n) is 8.08. The maximum absolute atomic E-state index is 13.1. The van der Waals surface area contributed by atoms with Gasteiger partial charge in [-0.25, -0.2) is 8.42 Å². The molecule has 0 aromatic heterocycles. The zero-order valence-electron chi connectivity index (χ0n) is 18.9. The molecule has 0 radical (unpaired) electrons. The molecule has 1 aliphatic carbocycles. The summed E-state index contributed by atoms with van der Waals surface area (Å²) in [7, 11) is -2.43. The smallest absolute Gasteiger partial charge is 0.253 e. The number of para-hydroxylation sites is 1. The van der Waals surface area contributed by atoms with Crippen molar-refractivity contribution in [1.82, 2.24) is 9.62 Å². The first-order chi connectivity index (χ1) is 16.4. The predicted molar refractivity (Wildman–Crippen MR) is 127 cm³/mol. The van der Waals surface area contributed by atoms with E-state index in [4.69, 9.17) is 9.47 Å². The number of hydrogen-bond donors (Lipinski definition) is 3. The summed E-state index contributed by atoms with van der Waals surface area (Å²) in [6.07, 6.45) is 1.96. The molecule has 1 aliphatic heterocycles. The maximum atomic E-state index is 13.1. The number of sulfonamides is 1. The number of nitrogens with zero attached hydrogens (tertiary/aromatic N) is 1. The Bertz CT molecular complexity index is 1160. The zero-order valence-corrected chi connectivity index (χ0v) is 19.7. The van der Waals surface area contributed by atoms with Crippen LogP contribution in [0, 0.1) is 0 Å². The number of ether oxygens (including phenoxy) is 2. The standard InChI is InChI=1S/C23H28N4O6S/c1-32-20-9-8-17(14-21(20)34(30,31)27-10-12-33-13-11-27)25-22(28)15-24-19-5-3-2-4-18(19)23(29)26-16-6-7-16/h2-5,8-9,14,16,24H,6-7,10-13,15H2,1H3,(H,25,28)(H,26,29). The van der Waals surface area contributed by atoms with E-state index in [1.54, 1.807) is 30.3 Å². The number of methoxy groups -OCH3 is 1.